The summed E-state index contributed by atoms with van der Waals surface area (Å²) in [6.07, 6.45) is 1.79. The Hall–Kier alpha value is -4.23. The Kier molecular flexibility index (Phi) is 8.95. The first-order valence-electron chi connectivity index (χ1n) is 13.2. The van der Waals surface area contributed by atoms with Gasteiger partial charge in [-0.15, -0.1) is 21.5 Å². The Balaban J connectivity index is 1.40. The molecule has 0 spiro atoms. The Labute approximate surface area is 241 Å². The maximum Gasteiger partial charge on any atom is 0.250 e. The van der Waals surface area contributed by atoms with E-state index < -0.39 is 6.04 Å². The van der Waals surface area contributed by atoms with Gasteiger partial charge in [-0.05, 0) is 66.8 Å². The number of tetrazole rings is 1. The molecule has 1 fully saturated rings. The number of aromatic nitrogens is 4. The zero-order valence-corrected chi connectivity index (χ0v) is 23.9. The molecule has 3 aromatic heterocycles. The van der Waals surface area contributed by atoms with Crippen LogP contribution in [0.3, 0.4) is 0 Å². The minimum absolute atomic E-state index is 0.0475. The second kappa shape index (κ2) is 13.0. The van der Waals surface area contributed by atoms with Crippen LogP contribution in [0.5, 0.6) is 11.5 Å². The second-order valence-corrected chi connectivity index (χ2v) is 10.6. The molecule has 4 aromatic rings. The number of hydrogen-bond donors (Lipinski definition) is 1. The number of benzene rings is 1. The molecular formula is C28H32N6O6S. The average Bonchev–Trinajstić information content (AvgIpc) is 3.80. The summed E-state index contributed by atoms with van der Waals surface area (Å²) in [7, 11) is 3.10. The fourth-order valence-electron chi connectivity index (χ4n) is 4.65. The van der Waals surface area contributed by atoms with Gasteiger partial charge in [0.2, 0.25) is 11.7 Å². The Morgan fingerprint density at radius 1 is 1.20 bits per heavy atom. The number of nitrogens with zero attached hydrogens (tertiary/aromatic N) is 5. The molecule has 4 heterocycles. The van der Waals surface area contributed by atoms with E-state index in [9.17, 15) is 9.59 Å². The molecule has 13 heteroatoms. The largest absolute Gasteiger partial charge is 0.493 e. The van der Waals surface area contributed by atoms with Crippen molar-refractivity contribution in [1.29, 1.82) is 0 Å². The van der Waals surface area contributed by atoms with Crippen molar-refractivity contribution < 1.29 is 28.2 Å². The Morgan fingerprint density at radius 2 is 2.05 bits per heavy atom. The minimum Gasteiger partial charge on any atom is -0.493 e. The number of hydrogen-bond acceptors (Lipinski definition) is 10. The zero-order chi connectivity index (χ0) is 28.8. The molecule has 5 rings (SSSR count). The van der Waals surface area contributed by atoms with Crippen LogP contribution in [0.1, 0.15) is 35.3 Å². The molecule has 0 aliphatic carbocycles. The molecule has 1 N–H and O–H groups in total. The third kappa shape index (κ3) is 6.74. The number of thiophene rings is 1. The van der Waals surface area contributed by atoms with Gasteiger partial charge in [0.1, 0.15) is 18.1 Å². The van der Waals surface area contributed by atoms with Crippen molar-refractivity contribution in [3.05, 3.63) is 64.2 Å². The maximum atomic E-state index is 13.9. The third-order valence-corrected chi connectivity index (χ3v) is 7.58. The summed E-state index contributed by atoms with van der Waals surface area (Å²) >= 11 is 1.50. The van der Waals surface area contributed by atoms with E-state index in [1.807, 2.05) is 17.5 Å². The highest BCUT2D eigenvalue weighted by atomic mass is 32.1. The van der Waals surface area contributed by atoms with Gasteiger partial charge in [0.25, 0.3) is 5.91 Å². The molecule has 1 aliphatic heterocycles. The van der Waals surface area contributed by atoms with Gasteiger partial charge in [-0.1, -0.05) is 6.07 Å². The molecular weight excluding hydrogens is 548 g/mol. The molecule has 2 atom stereocenters. The van der Waals surface area contributed by atoms with Crippen molar-refractivity contribution in [1.82, 2.24) is 30.4 Å². The van der Waals surface area contributed by atoms with Crippen LogP contribution in [0.25, 0.3) is 11.4 Å². The molecule has 2 amide bonds. The number of nitrogens with one attached hydrogen (secondary N) is 1. The quantitative estimate of drug-likeness (QED) is 0.268. The van der Waals surface area contributed by atoms with Gasteiger partial charge in [0.15, 0.2) is 17.5 Å². The number of rotatable bonds is 12. The highest BCUT2D eigenvalue weighted by molar-refractivity contribution is 7.09. The van der Waals surface area contributed by atoms with Crippen molar-refractivity contribution >= 4 is 23.2 Å². The lowest BCUT2D eigenvalue weighted by atomic mass is 10.1. The van der Waals surface area contributed by atoms with Crippen LogP contribution in [-0.4, -0.2) is 70.4 Å². The van der Waals surface area contributed by atoms with E-state index in [1.54, 1.807) is 51.5 Å². The molecule has 0 bridgehead atoms. The molecule has 0 unspecified atom stereocenters. The lowest BCUT2D eigenvalue weighted by Crippen LogP contribution is -2.46. The van der Waals surface area contributed by atoms with Crippen LogP contribution in [0.2, 0.25) is 0 Å². The molecule has 0 radical (unpaired) electrons. The van der Waals surface area contributed by atoms with Gasteiger partial charge in [-0.2, -0.15) is 4.80 Å². The summed E-state index contributed by atoms with van der Waals surface area (Å²) in [4.78, 5) is 31.1. The number of aryl methyl sites for hydroxylation is 1. The lowest BCUT2D eigenvalue weighted by Gasteiger charge is -2.29. The molecule has 216 valence electrons. The molecule has 1 saturated heterocycles. The van der Waals surface area contributed by atoms with Crippen LogP contribution in [0.15, 0.2) is 52.3 Å². The first-order chi connectivity index (χ1) is 19.9. The number of methoxy groups -OCH3 is 2. The number of ether oxygens (including phenoxy) is 3. The molecule has 1 aromatic carbocycles. The molecule has 12 nitrogen and oxygen atoms in total. The highest BCUT2D eigenvalue weighted by Crippen LogP contribution is 2.31. The molecule has 0 saturated carbocycles. The van der Waals surface area contributed by atoms with E-state index in [4.69, 9.17) is 18.6 Å². The highest BCUT2D eigenvalue weighted by Gasteiger charge is 2.35. The summed E-state index contributed by atoms with van der Waals surface area (Å²) in [6, 6.07) is 11.6. The van der Waals surface area contributed by atoms with Gasteiger partial charge in [0, 0.05) is 23.6 Å². The van der Waals surface area contributed by atoms with Crippen LogP contribution in [-0.2, 0) is 27.4 Å². The van der Waals surface area contributed by atoms with Crippen LogP contribution in [0, 0.1) is 6.92 Å². The van der Waals surface area contributed by atoms with Gasteiger partial charge >= 0.3 is 0 Å². The molecule has 41 heavy (non-hydrogen) atoms. The average molecular weight is 581 g/mol. The monoisotopic (exact) mass is 580 g/mol. The fraction of sp³-hybridized carbons (Fsp3) is 0.393. The van der Waals surface area contributed by atoms with E-state index in [-0.39, 0.29) is 31.0 Å². The van der Waals surface area contributed by atoms with Crippen molar-refractivity contribution in [2.45, 2.75) is 45.0 Å². The normalized spacial score (nSPS) is 15.4. The first-order valence-corrected chi connectivity index (χ1v) is 14.1. The summed E-state index contributed by atoms with van der Waals surface area (Å²) in [5, 5.41) is 17.5. The van der Waals surface area contributed by atoms with Crippen LogP contribution < -0.4 is 14.8 Å². The van der Waals surface area contributed by atoms with Crippen molar-refractivity contribution in [2.75, 3.05) is 27.4 Å². The number of amides is 2. The SMILES string of the molecule is COc1ccc(-c2nnn(CC(=O)N(Cc3cccs3)[C@H](C(=O)NC[C@@H]3CCCO3)c3ccc(C)o3)n2)cc1OC. The first kappa shape index (κ1) is 28.3. The summed E-state index contributed by atoms with van der Waals surface area (Å²) < 4.78 is 22.2. The zero-order valence-electron chi connectivity index (χ0n) is 23.1. The number of furan rings is 1. The van der Waals surface area contributed by atoms with E-state index >= 15 is 0 Å². The Morgan fingerprint density at radius 3 is 2.73 bits per heavy atom. The number of carbonyl (C=O) groups is 2. The molecule has 1 aliphatic rings. The van der Waals surface area contributed by atoms with Crippen molar-refractivity contribution in [3.63, 3.8) is 0 Å². The fourth-order valence-corrected chi connectivity index (χ4v) is 5.35. The van der Waals surface area contributed by atoms with Crippen LogP contribution >= 0.6 is 11.3 Å². The van der Waals surface area contributed by atoms with Crippen molar-refractivity contribution in [2.24, 2.45) is 0 Å². The predicted octanol–water partition coefficient (Wildman–Crippen LogP) is 3.39. The topological polar surface area (TPSA) is 134 Å². The predicted molar refractivity (Wildman–Crippen MR) is 149 cm³/mol. The maximum absolute atomic E-state index is 13.9. The number of carbonyl (C=O) groups excluding carboxylic acids is 2. The summed E-state index contributed by atoms with van der Waals surface area (Å²) in [5.41, 5.74) is 0.647. The van der Waals surface area contributed by atoms with E-state index in [0.29, 0.717) is 47.6 Å². The smallest absolute Gasteiger partial charge is 0.250 e. The Bertz CT molecular complexity index is 1460. The van der Waals surface area contributed by atoms with Gasteiger partial charge in [-0.3, -0.25) is 9.59 Å². The summed E-state index contributed by atoms with van der Waals surface area (Å²) in [6.45, 7) is 2.80. The van der Waals surface area contributed by atoms with E-state index in [0.717, 1.165) is 17.7 Å². The minimum atomic E-state index is -1.01. The van der Waals surface area contributed by atoms with Gasteiger partial charge in [0.05, 0.1) is 26.9 Å². The van der Waals surface area contributed by atoms with Gasteiger partial charge in [-0.25, -0.2) is 0 Å². The van der Waals surface area contributed by atoms with E-state index in [2.05, 4.69) is 20.7 Å². The van der Waals surface area contributed by atoms with Gasteiger partial charge < -0.3 is 28.8 Å². The standard InChI is InChI=1S/C28H32N6O6S/c1-18-8-10-23(40-18)26(28(36)29-15-20-6-4-12-39-20)33(16-21-7-5-13-41-21)25(35)17-34-31-27(30-32-34)19-9-11-22(37-2)24(14-19)38-3/h5,7-11,13-14,20,26H,4,6,12,15-17H2,1-3H3,(H,29,36)/t20-,26-/m0/s1. The lowest BCUT2D eigenvalue weighted by molar-refractivity contribution is -0.143. The van der Waals surface area contributed by atoms with Crippen molar-refractivity contribution in [3.8, 4) is 22.9 Å². The third-order valence-electron chi connectivity index (χ3n) is 6.72. The van der Waals surface area contributed by atoms with Crippen LogP contribution in [0.4, 0.5) is 0 Å². The second-order valence-electron chi connectivity index (χ2n) is 9.55. The van der Waals surface area contributed by atoms with E-state index in [1.165, 1.54) is 21.0 Å². The summed E-state index contributed by atoms with van der Waals surface area (Å²) in [5.74, 6) is 1.69.